The molecule has 5 aliphatic rings. The third-order valence-corrected chi connectivity index (χ3v) is 10.2. The van der Waals surface area contributed by atoms with Crippen LogP contribution >= 0.6 is 11.3 Å². The third-order valence-electron chi connectivity index (χ3n) is 8.83. The van der Waals surface area contributed by atoms with Crippen molar-refractivity contribution >= 4 is 17.1 Å². The van der Waals surface area contributed by atoms with Crippen molar-refractivity contribution in [2.24, 2.45) is 11.8 Å². The van der Waals surface area contributed by atoms with Gasteiger partial charge >= 0.3 is 0 Å². The van der Waals surface area contributed by atoms with Crippen LogP contribution in [0.15, 0.2) is 18.3 Å². The Morgan fingerprint density at radius 2 is 1.97 bits per heavy atom. The van der Waals surface area contributed by atoms with Gasteiger partial charge in [0, 0.05) is 47.3 Å². The van der Waals surface area contributed by atoms with Crippen LogP contribution in [0.2, 0.25) is 0 Å². The van der Waals surface area contributed by atoms with Gasteiger partial charge in [0.15, 0.2) is 5.78 Å². The second kappa shape index (κ2) is 8.23. The summed E-state index contributed by atoms with van der Waals surface area (Å²) < 4.78 is 14.0. The summed E-state index contributed by atoms with van der Waals surface area (Å²) in [6, 6.07) is 3.78. The molecule has 0 saturated heterocycles. The Bertz CT molecular complexity index is 1040. The molecule has 4 fully saturated rings. The predicted molar refractivity (Wildman–Crippen MR) is 128 cm³/mol. The van der Waals surface area contributed by atoms with Crippen LogP contribution in [-0.4, -0.2) is 39.4 Å². The Labute approximate surface area is 200 Å². The minimum absolute atomic E-state index is 0.108. The molecule has 4 saturated carbocycles. The Morgan fingerprint density at radius 1 is 1.21 bits per heavy atom. The van der Waals surface area contributed by atoms with E-state index in [0.29, 0.717) is 31.6 Å². The van der Waals surface area contributed by atoms with Crippen molar-refractivity contribution in [1.29, 1.82) is 0 Å². The van der Waals surface area contributed by atoms with Gasteiger partial charge in [0.1, 0.15) is 5.67 Å². The van der Waals surface area contributed by atoms with Crippen molar-refractivity contribution in [3.63, 3.8) is 0 Å². The summed E-state index contributed by atoms with van der Waals surface area (Å²) in [6.45, 7) is 5.17. The monoisotopic (exact) mass is 467 g/mol. The van der Waals surface area contributed by atoms with Gasteiger partial charge in [-0.15, -0.1) is 11.3 Å². The van der Waals surface area contributed by atoms with Gasteiger partial charge in [-0.2, -0.15) is 0 Å². The van der Waals surface area contributed by atoms with Gasteiger partial charge in [0.2, 0.25) is 0 Å². The molecule has 2 aromatic heterocycles. The Hall–Kier alpha value is -1.66. The highest BCUT2D eigenvalue weighted by Gasteiger charge is 2.71. The van der Waals surface area contributed by atoms with Crippen molar-refractivity contribution in [1.82, 2.24) is 14.9 Å². The quantitative estimate of drug-likeness (QED) is 0.482. The van der Waals surface area contributed by atoms with Crippen LogP contribution in [-0.2, 0) is 18.4 Å². The van der Waals surface area contributed by atoms with E-state index in [4.69, 9.17) is 4.98 Å². The van der Waals surface area contributed by atoms with Gasteiger partial charge in [0.25, 0.3) is 0 Å². The van der Waals surface area contributed by atoms with Gasteiger partial charge < -0.3 is 0 Å². The number of aromatic nitrogens is 2. The first-order valence-electron chi connectivity index (χ1n) is 12.8. The van der Waals surface area contributed by atoms with Crippen molar-refractivity contribution < 1.29 is 9.18 Å². The molecule has 3 heterocycles. The average Bonchev–Trinajstić information content (AvgIpc) is 3.19. The summed E-state index contributed by atoms with van der Waals surface area (Å²) in [6.07, 6.45) is 11.8. The van der Waals surface area contributed by atoms with Crippen molar-refractivity contribution in [2.45, 2.75) is 88.8 Å². The van der Waals surface area contributed by atoms with E-state index in [2.05, 4.69) is 9.88 Å². The zero-order valence-corrected chi connectivity index (χ0v) is 20.4. The molecule has 2 aromatic rings. The fourth-order valence-electron chi connectivity index (χ4n) is 6.80. The maximum absolute atomic E-state index is 14.0. The van der Waals surface area contributed by atoms with E-state index in [9.17, 15) is 9.18 Å². The van der Waals surface area contributed by atoms with E-state index in [-0.39, 0.29) is 11.2 Å². The normalized spacial score (nSPS) is 33.2. The molecule has 33 heavy (non-hydrogen) atoms. The lowest BCUT2D eigenvalue weighted by Gasteiger charge is -2.64. The summed E-state index contributed by atoms with van der Waals surface area (Å²) in [5.41, 5.74) is 2.18. The number of Topliss-reactive ketones (excluding diaryl/α,β-unsaturated/α-hetero) is 1. The molecule has 4 nitrogen and oxygen atoms in total. The lowest BCUT2D eigenvalue weighted by molar-refractivity contribution is -0.158. The number of carbonyl (C=O) groups is 1. The highest BCUT2D eigenvalue weighted by atomic mass is 32.1. The van der Waals surface area contributed by atoms with Gasteiger partial charge in [-0.1, -0.05) is 12.8 Å². The van der Waals surface area contributed by atoms with E-state index in [1.54, 1.807) is 6.20 Å². The Kier molecular flexibility index (Phi) is 5.45. The van der Waals surface area contributed by atoms with E-state index < -0.39 is 5.67 Å². The fourth-order valence-corrected chi connectivity index (χ4v) is 8.05. The largest absolute Gasteiger partial charge is 0.297 e. The first-order chi connectivity index (χ1) is 15.9. The molecule has 0 aromatic carbocycles. The van der Waals surface area contributed by atoms with E-state index in [0.717, 1.165) is 43.2 Å². The molecule has 2 bridgehead atoms. The summed E-state index contributed by atoms with van der Waals surface area (Å²) in [5, 5.41) is 1.23. The topological polar surface area (TPSA) is 46.1 Å². The maximum Gasteiger partial charge on any atom is 0.164 e. The summed E-state index contributed by atoms with van der Waals surface area (Å²) >= 11 is 1.87. The van der Waals surface area contributed by atoms with Crippen LogP contribution in [0, 0.1) is 18.8 Å². The first kappa shape index (κ1) is 21.8. The molecule has 1 aliphatic heterocycles. The first-order valence-corrected chi connectivity index (χ1v) is 13.6. The van der Waals surface area contributed by atoms with Crippen LogP contribution < -0.4 is 0 Å². The highest BCUT2D eigenvalue weighted by Crippen LogP contribution is 2.70. The zero-order chi connectivity index (χ0) is 22.6. The number of ketones is 1. The molecule has 0 atom stereocenters. The number of halogens is 1. The standard InChI is InChI=1S/C27H34FN3OS/c1-18-21(3-2-10-29-18)23(32)13-20-6-4-19(5-7-20)8-11-31-12-9-24-22(14-31)30-25(33-24)26-15-27(28,16-26)17-26/h2-3,10,19-20H,4-9,11-17H2,1H3. The maximum atomic E-state index is 14.0. The van der Waals surface area contributed by atoms with Gasteiger partial charge in [-0.05, 0) is 82.4 Å². The Balaban J connectivity index is 0.954. The van der Waals surface area contributed by atoms with Gasteiger partial charge in [-0.25, -0.2) is 9.37 Å². The summed E-state index contributed by atoms with van der Waals surface area (Å²) in [5.74, 6) is 1.57. The number of carbonyl (C=O) groups excluding carboxylic acids is 1. The minimum atomic E-state index is -0.845. The molecule has 0 unspecified atom stereocenters. The molecule has 0 spiro atoms. The Morgan fingerprint density at radius 3 is 2.70 bits per heavy atom. The molecule has 0 radical (unpaired) electrons. The summed E-state index contributed by atoms with van der Waals surface area (Å²) in [4.78, 5) is 26.0. The molecule has 7 rings (SSSR count). The molecule has 0 N–H and O–H groups in total. The van der Waals surface area contributed by atoms with E-state index >= 15 is 0 Å². The minimum Gasteiger partial charge on any atom is -0.297 e. The number of hydrogen-bond donors (Lipinski definition) is 0. The summed E-state index contributed by atoms with van der Waals surface area (Å²) in [7, 11) is 0. The molecule has 6 heteroatoms. The van der Waals surface area contributed by atoms with Crippen molar-refractivity contribution in [2.75, 3.05) is 13.1 Å². The lowest BCUT2D eigenvalue weighted by atomic mass is 9.42. The van der Waals surface area contributed by atoms with E-state index in [1.807, 2.05) is 30.4 Å². The number of fused-ring (bicyclic) bond motifs is 1. The molecule has 176 valence electrons. The molecule has 4 aliphatic carbocycles. The molecular weight excluding hydrogens is 433 g/mol. The fraction of sp³-hybridized carbons (Fsp3) is 0.667. The predicted octanol–water partition coefficient (Wildman–Crippen LogP) is 5.82. The highest BCUT2D eigenvalue weighted by molar-refractivity contribution is 7.12. The number of thiazole rings is 1. The number of nitrogens with zero attached hydrogens (tertiary/aromatic N) is 3. The second-order valence-electron chi connectivity index (χ2n) is 11.3. The number of aryl methyl sites for hydroxylation is 1. The van der Waals surface area contributed by atoms with Crippen LogP contribution in [0.3, 0.4) is 0 Å². The third kappa shape index (κ3) is 4.07. The lowest BCUT2D eigenvalue weighted by Crippen LogP contribution is -2.67. The smallest absolute Gasteiger partial charge is 0.164 e. The SMILES string of the molecule is Cc1ncccc1C(=O)CC1CCC(CCN2CCc3sc(C45CC(F)(C4)C5)nc3C2)CC1. The zero-order valence-electron chi connectivity index (χ0n) is 19.6. The van der Waals surface area contributed by atoms with Gasteiger partial charge in [0.05, 0.1) is 10.7 Å². The van der Waals surface area contributed by atoms with E-state index in [1.165, 1.54) is 47.7 Å². The number of rotatable bonds is 7. The van der Waals surface area contributed by atoms with Crippen LogP contribution in [0.25, 0.3) is 0 Å². The van der Waals surface area contributed by atoms with Crippen LogP contribution in [0.1, 0.15) is 89.4 Å². The van der Waals surface area contributed by atoms with Crippen LogP contribution in [0.4, 0.5) is 4.39 Å². The number of pyridine rings is 1. The second-order valence-corrected chi connectivity index (χ2v) is 12.4. The molecular formula is C27H34FN3OS. The van der Waals surface area contributed by atoms with Crippen molar-refractivity contribution in [3.05, 3.63) is 45.2 Å². The number of alkyl halides is 1. The van der Waals surface area contributed by atoms with Crippen molar-refractivity contribution in [3.8, 4) is 0 Å². The number of hydrogen-bond acceptors (Lipinski definition) is 5. The van der Waals surface area contributed by atoms with Crippen LogP contribution in [0.5, 0.6) is 0 Å². The van der Waals surface area contributed by atoms with Gasteiger partial charge in [-0.3, -0.25) is 14.7 Å². The molecule has 0 amide bonds. The average molecular weight is 468 g/mol.